The molecule has 1 saturated carbocycles. The number of azide groups is 1. The summed E-state index contributed by atoms with van der Waals surface area (Å²) in [5.74, 6) is -2.34. The van der Waals surface area contributed by atoms with Gasteiger partial charge in [0.15, 0.2) is 18.5 Å². The molecule has 1 heterocycles. The van der Waals surface area contributed by atoms with Crippen molar-refractivity contribution in [2.24, 2.45) is 5.11 Å². The van der Waals surface area contributed by atoms with Crippen molar-refractivity contribution >= 4 is 17.9 Å². The highest BCUT2D eigenvalue weighted by Gasteiger charge is 2.56. The molecule has 1 aliphatic heterocycles. The summed E-state index contributed by atoms with van der Waals surface area (Å²) in [6, 6.07) is 16.3. The van der Waals surface area contributed by atoms with Crippen molar-refractivity contribution in [3.8, 4) is 0 Å². The molecule has 0 unspecified atom stereocenters. The zero-order valence-electron chi connectivity index (χ0n) is 26.5. The zero-order chi connectivity index (χ0) is 34.8. The molecule has 16 nitrogen and oxygen atoms in total. The second-order valence-corrected chi connectivity index (χ2v) is 11.3. The molecule has 4 rings (SSSR count). The second kappa shape index (κ2) is 17.3. The summed E-state index contributed by atoms with van der Waals surface area (Å²) in [6.45, 7) is 2.70. The number of hydrogen-bond donors (Lipinski definition) is 3. The monoisotopic (exact) mass is 673 g/mol. The van der Waals surface area contributed by atoms with Crippen LogP contribution in [-0.4, -0.2) is 107 Å². The third-order valence-corrected chi connectivity index (χ3v) is 7.74. The van der Waals surface area contributed by atoms with Gasteiger partial charge in [-0.05, 0) is 16.7 Å². The Labute approximate surface area is 276 Å². The molecule has 0 amide bonds. The van der Waals surface area contributed by atoms with Crippen LogP contribution >= 0.6 is 0 Å². The highest BCUT2D eigenvalue weighted by molar-refractivity contribution is 5.68. The van der Waals surface area contributed by atoms with Crippen LogP contribution in [0.1, 0.15) is 31.9 Å². The fourth-order valence-electron chi connectivity index (χ4n) is 5.58. The molecule has 2 fully saturated rings. The lowest BCUT2D eigenvalue weighted by atomic mass is 9.84. The molecule has 2 aromatic carbocycles. The molecule has 0 spiro atoms. The zero-order valence-corrected chi connectivity index (χ0v) is 26.5. The molecular formula is C32H39N3O13. The Kier molecular flexibility index (Phi) is 13.3. The number of carbonyl (C=O) groups excluding carboxylic acids is 3. The summed E-state index contributed by atoms with van der Waals surface area (Å²) < 4.78 is 40.1. The Balaban J connectivity index is 1.70. The van der Waals surface area contributed by atoms with Crippen LogP contribution < -0.4 is 0 Å². The van der Waals surface area contributed by atoms with E-state index in [9.17, 15) is 35.2 Å². The number of hydrogen-bond acceptors (Lipinski definition) is 14. The van der Waals surface area contributed by atoms with E-state index in [2.05, 4.69) is 10.0 Å². The van der Waals surface area contributed by atoms with Gasteiger partial charge in [-0.25, -0.2) is 0 Å². The Bertz CT molecular complexity index is 1410. The first-order valence-corrected chi connectivity index (χ1v) is 15.2. The first kappa shape index (κ1) is 36.7. The molecule has 0 radical (unpaired) electrons. The van der Waals surface area contributed by atoms with Crippen molar-refractivity contribution in [3.63, 3.8) is 0 Å². The van der Waals surface area contributed by atoms with Crippen LogP contribution in [0.4, 0.5) is 0 Å². The third-order valence-electron chi connectivity index (χ3n) is 7.74. The number of benzene rings is 2. The standard InChI is InChI=1S/C32H39N3O13/c1-17(36)42-16-22-27(45-18(2)37)28(46-19(3)38)23(34-35-33)32(47-22)48-31-26(41)29(43-14-20-10-6-4-7-11-20)24(39)25(40)30(31)44-15-21-12-8-5-9-13-21/h4-13,22-32,39-41H,14-16H2,1-3H3/t22-,23-,24+,25+,26-,27+,28-,29-,30-,31+,32-/m1/s1. The number of aliphatic hydroxyl groups is 3. The van der Waals surface area contributed by atoms with Gasteiger partial charge in [-0.2, -0.15) is 0 Å². The maximum Gasteiger partial charge on any atom is 0.303 e. The fraction of sp³-hybridized carbons (Fsp3) is 0.531. The first-order chi connectivity index (χ1) is 23.0. The van der Waals surface area contributed by atoms with Crippen molar-refractivity contribution in [3.05, 3.63) is 82.2 Å². The number of aliphatic hydroxyl groups excluding tert-OH is 3. The number of esters is 3. The third kappa shape index (κ3) is 9.49. The van der Waals surface area contributed by atoms with E-state index in [1.54, 1.807) is 54.6 Å². The average Bonchev–Trinajstić information content (AvgIpc) is 3.05. The van der Waals surface area contributed by atoms with Crippen molar-refractivity contribution in [2.75, 3.05) is 6.61 Å². The topological polar surface area (TPSA) is 225 Å². The van der Waals surface area contributed by atoms with Gasteiger partial charge >= 0.3 is 17.9 Å². The van der Waals surface area contributed by atoms with E-state index in [4.69, 9.17) is 33.2 Å². The molecule has 0 aromatic heterocycles. The molecule has 11 atom stereocenters. The summed E-state index contributed by atoms with van der Waals surface area (Å²) in [7, 11) is 0. The molecule has 3 N–H and O–H groups in total. The van der Waals surface area contributed by atoms with E-state index in [0.717, 1.165) is 26.3 Å². The van der Waals surface area contributed by atoms with E-state index in [0.29, 0.717) is 5.56 Å². The molecule has 1 saturated heterocycles. The van der Waals surface area contributed by atoms with Crippen LogP contribution in [0.5, 0.6) is 0 Å². The summed E-state index contributed by atoms with van der Waals surface area (Å²) in [6.07, 6.45) is -15.2. The van der Waals surface area contributed by atoms with Gasteiger partial charge in [0.05, 0.1) is 13.2 Å². The van der Waals surface area contributed by atoms with Gasteiger partial charge in [-0.1, -0.05) is 65.8 Å². The van der Waals surface area contributed by atoms with Gasteiger partial charge in [0.1, 0.15) is 55.4 Å². The van der Waals surface area contributed by atoms with E-state index < -0.39 is 91.8 Å². The maximum absolute atomic E-state index is 12.2. The highest BCUT2D eigenvalue weighted by Crippen LogP contribution is 2.35. The summed E-state index contributed by atoms with van der Waals surface area (Å²) in [5.41, 5.74) is 10.9. The lowest BCUT2D eigenvalue weighted by Gasteiger charge is -2.49. The first-order valence-electron chi connectivity index (χ1n) is 15.2. The van der Waals surface area contributed by atoms with Crippen molar-refractivity contribution in [1.82, 2.24) is 0 Å². The molecule has 48 heavy (non-hydrogen) atoms. The average molecular weight is 674 g/mol. The summed E-state index contributed by atoms with van der Waals surface area (Å²) in [5, 5.41) is 37.8. The lowest BCUT2D eigenvalue weighted by Crippen LogP contribution is -2.68. The minimum Gasteiger partial charge on any atom is -0.463 e. The van der Waals surface area contributed by atoms with E-state index in [1.165, 1.54) is 0 Å². The minimum atomic E-state index is -1.67. The normalized spacial score (nSPS) is 31.6. The van der Waals surface area contributed by atoms with Gasteiger partial charge < -0.3 is 48.5 Å². The Morgan fingerprint density at radius 2 is 1.25 bits per heavy atom. The number of rotatable bonds is 13. The van der Waals surface area contributed by atoms with E-state index in [-0.39, 0.29) is 13.2 Å². The number of nitrogens with zero attached hydrogens (tertiary/aromatic N) is 3. The number of ether oxygens (including phenoxy) is 7. The van der Waals surface area contributed by atoms with E-state index >= 15 is 0 Å². The fourth-order valence-corrected chi connectivity index (χ4v) is 5.58. The Morgan fingerprint density at radius 3 is 1.77 bits per heavy atom. The molecule has 2 aromatic rings. The largest absolute Gasteiger partial charge is 0.463 e. The summed E-state index contributed by atoms with van der Waals surface area (Å²) in [4.78, 5) is 38.8. The maximum atomic E-state index is 12.2. The smallest absolute Gasteiger partial charge is 0.303 e. The SMILES string of the molecule is CC(=O)OC[C@H]1O[C@H](O[C@H]2[C@H](O)[C@H](OCc3ccccc3)[C@@H](O)[C@H](O)[C@H]2OCc2ccccc2)[C@H](N=[N+]=[N-])[C@@H](OC(C)=O)[C@H]1OC(C)=O. The predicted molar refractivity (Wildman–Crippen MR) is 162 cm³/mol. The van der Waals surface area contributed by atoms with Gasteiger partial charge in [0, 0.05) is 25.7 Å². The van der Waals surface area contributed by atoms with Crippen LogP contribution in [0, 0.1) is 0 Å². The molecule has 260 valence electrons. The van der Waals surface area contributed by atoms with Crippen molar-refractivity contribution in [2.45, 2.75) is 101 Å². The van der Waals surface area contributed by atoms with Crippen LogP contribution in [0.3, 0.4) is 0 Å². The predicted octanol–water partition coefficient (Wildman–Crippen LogP) is 1.47. The van der Waals surface area contributed by atoms with Gasteiger partial charge in [-0.3, -0.25) is 14.4 Å². The Morgan fingerprint density at radius 1 is 0.729 bits per heavy atom. The van der Waals surface area contributed by atoms with Crippen molar-refractivity contribution < 1.29 is 62.9 Å². The highest BCUT2D eigenvalue weighted by atomic mass is 16.7. The lowest BCUT2D eigenvalue weighted by molar-refractivity contribution is -0.326. The summed E-state index contributed by atoms with van der Waals surface area (Å²) >= 11 is 0. The molecule has 0 bridgehead atoms. The molecule has 1 aliphatic carbocycles. The minimum absolute atomic E-state index is 0.0427. The van der Waals surface area contributed by atoms with Gasteiger partial charge in [0.2, 0.25) is 0 Å². The van der Waals surface area contributed by atoms with Gasteiger partial charge in [0.25, 0.3) is 0 Å². The van der Waals surface area contributed by atoms with Crippen LogP contribution in [0.15, 0.2) is 65.8 Å². The van der Waals surface area contributed by atoms with E-state index in [1.807, 2.05) is 6.07 Å². The number of carbonyl (C=O) groups is 3. The van der Waals surface area contributed by atoms with Crippen molar-refractivity contribution in [1.29, 1.82) is 0 Å². The molecular weight excluding hydrogens is 634 g/mol. The quantitative estimate of drug-likeness (QED) is 0.0901. The molecule has 2 aliphatic rings. The van der Waals surface area contributed by atoms with Gasteiger partial charge in [-0.15, -0.1) is 0 Å². The van der Waals surface area contributed by atoms with Crippen LogP contribution in [0.2, 0.25) is 0 Å². The van der Waals surface area contributed by atoms with Crippen LogP contribution in [-0.2, 0) is 60.8 Å². The Hall–Kier alpha value is -4.12. The van der Waals surface area contributed by atoms with Crippen LogP contribution in [0.25, 0.3) is 10.4 Å². The molecule has 16 heteroatoms. The second-order valence-electron chi connectivity index (χ2n) is 11.3.